The van der Waals surface area contributed by atoms with Crippen LogP contribution in [0.5, 0.6) is 0 Å². The van der Waals surface area contributed by atoms with Gasteiger partial charge in [-0.2, -0.15) is 0 Å². The molecule has 1 saturated heterocycles. The molecule has 0 N–H and O–H groups in total. The van der Waals surface area contributed by atoms with Gasteiger partial charge in [0.25, 0.3) is 0 Å². The van der Waals surface area contributed by atoms with E-state index in [1.165, 1.54) is 12.8 Å². The van der Waals surface area contributed by atoms with E-state index in [0.717, 1.165) is 16.8 Å². The van der Waals surface area contributed by atoms with Gasteiger partial charge >= 0.3 is 0 Å². The number of anilines is 1. The normalized spacial score (nSPS) is 26.7. The number of halogens is 2. The predicted octanol–water partition coefficient (Wildman–Crippen LogP) is 2.99. The molecule has 2 rings (SSSR count). The fraction of sp³-hybridized carbons (Fsp3) is 0.600. The Morgan fingerprint density at radius 2 is 2.33 bits per heavy atom. The molecule has 1 aliphatic heterocycles. The summed E-state index contributed by atoms with van der Waals surface area (Å²) in [5, 5.41) is 0. The summed E-state index contributed by atoms with van der Waals surface area (Å²) in [7, 11) is 0. The van der Waals surface area contributed by atoms with Crippen LogP contribution in [0.2, 0.25) is 0 Å². The van der Waals surface area contributed by atoms with Crippen LogP contribution in [0.1, 0.15) is 19.8 Å². The van der Waals surface area contributed by atoms with E-state index in [1.807, 2.05) is 0 Å². The molecule has 0 bridgehead atoms. The summed E-state index contributed by atoms with van der Waals surface area (Å²) in [6.45, 7) is 3.30. The van der Waals surface area contributed by atoms with Crippen LogP contribution in [-0.4, -0.2) is 27.4 Å². The van der Waals surface area contributed by atoms with E-state index < -0.39 is 0 Å². The molecule has 15 heavy (non-hydrogen) atoms. The molecule has 2 atom stereocenters. The Balaban J connectivity index is 2.26. The van der Waals surface area contributed by atoms with Crippen LogP contribution in [0.25, 0.3) is 0 Å². The van der Waals surface area contributed by atoms with Gasteiger partial charge in [-0.1, -0.05) is 15.9 Å². The van der Waals surface area contributed by atoms with Crippen LogP contribution < -0.4 is 4.90 Å². The Morgan fingerprint density at radius 3 is 3.07 bits per heavy atom. The zero-order valence-corrected chi connectivity index (χ0v) is 11.7. The highest BCUT2D eigenvalue weighted by atomic mass is 79.9. The number of rotatable bonds is 1. The number of hydrogen-bond acceptors (Lipinski definition) is 3. The molecule has 0 radical (unpaired) electrons. The molecule has 2 unspecified atom stereocenters. The average Bonchev–Trinajstić information content (AvgIpc) is 2.23. The summed E-state index contributed by atoms with van der Waals surface area (Å²) in [5.41, 5.74) is 0. The molecule has 0 amide bonds. The van der Waals surface area contributed by atoms with Gasteiger partial charge in [0.05, 0.1) is 4.47 Å². The van der Waals surface area contributed by atoms with Gasteiger partial charge in [-0.05, 0) is 35.7 Å². The SMILES string of the molecule is CC1C(Br)CCCN1c1ncncc1Br. The fourth-order valence-corrected chi connectivity index (χ4v) is 2.97. The summed E-state index contributed by atoms with van der Waals surface area (Å²) in [6.07, 6.45) is 5.84. The lowest BCUT2D eigenvalue weighted by atomic mass is 10.0. The predicted molar refractivity (Wildman–Crippen MR) is 68.5 cm³/mol. The lowest BCUT2D eigenvalue weighted by molar-refractivity contribution is 0.498. The van der Waals surface area contributed by atoms with Gasteiger partial charge in [0.1, 0.15) is 12.1 Å². The lowest BCUT2D eigenvalue weighted by Gasteiger charge is -2.38. The minimum absolute atomic E-state index is 0.477. The van der Waals surface area contributed by atoms with E-state index in [4.69, 9.17) is 0 Å². The van der Waals surface area contributed by atoms with E-state index >= 15 is 0 Å². The minimum Gasteiger partial charge on any atom is -0.352 e. The Kier molecular flexibility index (Phi) is 3.61. The van der Waals surface area contributed by atoms with E-state index in [9.17, 15) is 0 Å². The maximum absolute atomic E-state index is 4.33. The minimum atomic E-state index is 0.477. The van der Waals surface area contributed by atoms with Crippen LogP contribution >= 0.6 is 31.9 Å². The third-order valence-corrected chi connectivity index (χ3v) is 4.60. The van der Waals surface area contributed by atoms with Gasteiger partial charge < -0.3 is 4.90 Å². The fourth-order valence-electron chi connectivity index (χ4n) is 1.91. The van der Waals surface area contributed by atoms with Gasteiger partial charge in [0.15, 0.2) is 0 Å². The third-order valence-electron chi connectivity index (χ3n) is 2.81. The number of hydrogen-bond donors (Lipinski definition) is 0. The molecule has 3 nitrogen and oxygen atoms in total. The second-order valence-electron chi connectivity index (χ2n) is 3.79. The molecule has 0 saturated carbocycles. The van der Waals surface area contributed by atoms with Gasteiger partial charge in [0, 0.05) is 23.6 Å². The van der Waals surface area contributed by atoms with Gasteiger partial charge in [-0.15, -0.1) is 0 Å². The molecule has 5 heteroatoms. The van der Waals surface area contributed by atoms with Crippen molar-refractivity contribution in [2.45, 2.75) is 30.6 Å². The monoisotopic (exact) mass is 333 g/mol. The molecule has 1 aliphatic rings. The average molecular weight is 335 g/mol. The Morgan fingerprint density at radius 1 is 1.53 bits per heavy atom. The number of alkyl halides is 1. The first-order valence-electron chi connectivity index (χ1n) is 5.06. The number of aromatic nitrogens is 2. The van der Waals surface area contributed by atoms with Crippen LogP contribution in [0, 0.1) is 0 Å². The first-order chi connectivity index (χ1) is 7.20. The van der Waals surface area contributed by atoms with Crippen molar-refractivity contribution >= 4 is 37.7 Å². The Bertz CT molecular complexity index is 345. The largest absolute Gasteiger partial charge is 0.352 e. The number of nitrogens with zero attached hydrogens (tertiary/aromatic N) is 3. The zero-order chi connectivity index (χ0) is 10.8. The van der Waals surface area contributed by atoms with Crippen molar-refractivity contribution in [3.63, 3.8) is 0 Å². The van der Waals surface area contributed by atoms with Crippen molar-refractivity contribution < 1.29 is 0 Å². The van der Waals surface area contributed by atoms with Crippen molar-refractivity contribution in [1.29, 1.82) is 0 Å². The molecule has 0 spiro atoms. The summed E-state index contributed by atoms with van der Waals surface area (Å²) in [5.74, 6) is 1.00. The third kappa shape index (κ3) is 2.33. The van der Waals surface area contributed by atoms with Crippen molar-refractivity contribution in [1.82, 2.24) is 9.97 Å². The van der Waals surface area contributed by atoms with E-state index in [0.29, 0.717) is 10.9 Å². The summed E-state index contributed by atoms with van der Waals surface area (Å²) < 4.78 is 0.971. The van der Waals surface area contributed by atoms with Gasteiger partial charge in [-0.3, -0.25) is 0 Å². The molecule has 1 fully saturated rings. The molecule has 82 valence electrons. The maximum atomic E-state index is 4.33. The van der Waals surface area contributed by atoms with Crippen LogP contribution in [0.15, 0.2) is 17.0 Å². The molecule has 2 heterocycles. The Labute approximate surface area is 107 Å². The maximum Gasteiger partial charge on any atom is 0.146 e. The smallest absolute Gasteiger partial charge is 0.146 e. The van der Waals surface area contributed by atoms with Gasteiger partial charge in [0.2, 0.25) is 0 Å². The highest BCUT2D eigenvalue weighted by Crippen LogP contribution is 2.31. The Hall–Kier alpha value is -0.160. The first kappa shape index (κ1) is 11.3. The zero-order valence-electron chi connectivity index (χ0n) is 8.53. The van der Waals surface area contributed by atoms with Crippen molar-refractivity contribution in [3.8, 4) is 0 Å². The molecular formula is C10H13Br2N3. The van der Waals surface area contributed by atoms with Crippen LogP contribution in [0.4, 0.5) is 5.82 Å². The highest BCUT2D eigenvalue weighted by molar-refractivity contribution is 9.10. The van der Waals surface area contributed by atoms with E-state index in [1.54, 1.807) is 12.5 Å². The molecule has 0 aliphatic carbocycles. The second kappa shape index (κ2) is 4.78. The second-order valence-corrected chi connectivity index (χ2v) is 5.82. The molecule has 1 aromatic rings. The lowest BCUT2D eigenvalue weighted by Crippen LogP contribution is -2.44. The highest BCUT2D eigenvalue weighted by Gasteiger charge is 2.27. The quantitative estimate of drug-likeness (QED) is 0.739. The molecule has 1 aromatic heterocycles. The summed E-state index contributed by atoms with van der Waals surface area (Å²) in [6, 6.07) is 0.477. The number of piperidine rings is 1. The van der Waals surface area contributed by atoms with E-state index in [-0.39, 0.29) is 0 Å². The van der Waals surface area contributed by atoms with Crippen molar-refractivity contribution in [3.05, 3.63) is 17.0 Å². The molecule has 0 aromatic carbocycles. The standard InChI is InChI=1S/C10H13Br2N3/c1-7-8(11)3-2-4-15(7)10-9(12)5-13-6-14-10/h5-8H,2-4H2,1H3. The van der Waals surface area contributed by atoms with Gasteiger partial charge in [-0.25, -0.2) is 9.97 Å². The summed E-state index contributed by atoms with van der Waals surface area (Å²) in [4.78, 5) is 11.2. The van der Waals surface area contributed by atoms with Crippen LogP contribution in [0.3, 0.4) is 0 Å². The first-order valence-corrected chi connectivity index (χ1v) is 6.77. The van der Waals surface area contributed by atoms with E-state index in [2.05, 4.69) is 53.7 Å². The van der Waals surface area contributed by atoms with Crippen molar-refractivity contribution in [2.75, 3.05) is 11.4 Å². The summed E-state index contributed by atoms with van der Waals surface area (Å²) >= 11 is 7.21. The van der Waals surface area contributed by atoms with Crippen LogP contribution in [-0.2, 0) is 0 Å². The topological polar surface area (TPSA) is 29.0 Å². The molecular weight excluding hydrogens is 322 g/mol. The van der Waals surface area contributed by atoms with Crippen molar-refractivity contribution in [2.24, 2.45) is 0 Å².